The van der Waals surface area contributed by atoms with E-state index in [1.54, 1.807) is 12.4 Å². The minimum absolute atomic E-state index is 0.0000926. The van der Waals surface area contributed by atoms with E-state index >= 15 is 0 Å². The molecule has 1 saturated heterocycles. The number of nitrogen functional groups attached to an aromatic ring is 1. The van der Waals surface area contributed by atoms with Gasteiger partial charge in [0.15, 0.2) is 0 Å². The summed E-state index contributed by atoms with van der Waals surface area (Å²) in [6, 6.07) is 0.176. The van der Waals surface area contributed by atoms with Crippen molar-refractivity contribution in [3.8, 4) is 0 Å². The van der Waals surface area contributed by atoms with E-state index in [2.05, 4.69) is 28.8 Å². The zero-order valence-electron chi connectivity index (χ0n) is 12.2. The summed E-state index contributed by atoms with van der Waals surface area (Å²) in [5.41, 5.74) is 7.19. The van der Waals surface area contributed by atoms with E-state index in [-0.39, 0.29) is 11.9 Å². The summed E-state index contributed by atoms with van der Waals surface area (Å²) in [6.45, 7) is 4.74. The van der Waals surface area contributed by atoms with Crippen LogP contribution in [-0.2, 0) is 0 Å². The third-order valence-electron chi connectivity index (χ3n) is 3.87. The molecule has 1 amide bonds. The highest BCUT2D eigenvalue weighted by molar-refractivity contribution is 7.21. The van der Waals surface area contributed by atoms with E-state index in [0.717, 1.165) is 30.9 Å². The number of likely N-dealkylation sites (N-methyl/N-ethyl adjacent to an activating group) is 1. The van der Waals surface area contributed by atoms with Crippen LogP contribution in [0.15, 0.2) is 12.4 Å². The van der Waals surface area contributed by atoms with Crippen LogP contribution in [0.25, 0.3) is 10.3 Å². The van der Waals surface area contributed by atoms with Gasteiger partial charge in [-0.3, -0.25) is 4.79 Å². The van der Waals surface area contributed by atoms with Crippen molar-refractivity contribution in [3.63, 3.8) is 0 Å². The Morgan fingerprint density at radius 3 is 2.90 bits per heavy atom. The van der Waals surface area contributed by atoms with Gasteiger partial charge in [0.05, 0.1) is 5.69 Å². The molecule has 1 aliphatic heterocycles. The van der Waals surface area contributed by atoms with Gasteiger partial charge in [-0.25, -0.2) is 9.97 Å². The predicted molar refractivity (Wildman–Crippen MR) is 84.4 cm³/mol. The molecule has 7 heteroatoms. The van der Waals surface area contributed by atoms with Crippen molar-refractivity contribution in [2.75, 3.05) is 32.4 Å². The van der Waals surface area contributed by atoms with E-state index in [1.807, 2.05) is 4.90 Å². The topological polar surface area (TPSA) is 75.3 Å². The first-order chi connectivity index (χ1) is 10.1. The van der Waals surface area contributed by atoms with Gasteiger partial charge in [-0.1, -0.05) is 0 Å². The molecule has 1 unspecified atom stereocenters. The highest BCUT2D eigenvalue weighted by atomic mass is 32.1. The van der Waals surface area contributed by atoms with Crippen LogP contribution < -0.4 is 5.73 Å². The van der Waals surface area contributed by atoms with Crippen molar-refractivity contribution < 1.29 is 4.79 Å². The normalized spacial score (nSPS) is 20.7. The average Bonchev–Trinajstić information content (AvgIpc) is 2.70. The van der Waals surface area contributed by atoms with E-state index < -0.39 is 0 Å². The zero-order valence-corrected chi connectivity index (χ0v) is 13.1. The Balaban J connectivity index is 1.94. The minimum Gasteiger partial charge on any atom is -0.396 e. The molecule has 6 nitrogen and oxygen atoms in total. The molecule has 2 aromatic heterocycles. The lowest BCUT2D eigenvalue weighted by Crippen LogP contribution is -2.41. The highest BCUT2D eigenvalue weighted by Gasteiger charge is 2.28. The van der Waals surface area contributed by atoms with E-state index in [9.17, 15) is 4.79 Å². The van der Waals surface area contributed by atoms with Crippen LogP contribution in [0.2, 0.25) is 0 Å². The molecule has 1 atom stereocenters. The molecule has 2 N–H and O–H groups in total. The van der Waals surface area contributed by atoms with Crippen molar-refractivity contribution in [1.82, 2.24) is 19.8 Å². The van der Waals surface area contributed by atoms with Crippen LogP contribution in [0, 0.1) is 0 Å². The summed E-state index contributed by atoms with van der Waals surface area (Å²) in [5, 5.41) is 0. The molecule has 112 valence electrons. The second-order valence-electron chi connectivity index (χ2n) is 5.52. The average molecular weight is 305 g/mol. The Bertz CT molecular complexity index is 670. The van der Waals surface area contributed by atoms with E-state index in [0.29, 0.717) is 16.1 Å². The largest absolute Gasteiger partial charge is 0.396 e. The second-order valence-corrected chi connectivity index (χ2v) is 6.52. The number of rotatable bonds is 1. The molecular formula is C14H19N5OS. The summed E-state index contributed by atoms with van der Waals surface area (Å²) >= 11 is 1.33. The van der Waals surface area contributed by atoms with Crippen LogP contribution in [-0.4, -0.2) is 58.4 Å². The van der Waals surface area contributed by atoms with Gasteiger partial charge in [0.25, 0.3) is 5.91 Å². The first-order valence-corrected chi connectivity index (χ1v) is 7.88. The van der Waals surface area contributed by atoms with Gasteiger partial charge in [-0.15, -0.1) is 11.3 Å². The first-order valence-electron chi connectivity index (χ1n) is 7.06. The quantitative estimate of drug-likeness (QED) is 0.863. The molecule has 0 aromatic carbocycles. The summed E-state index contributed by atoms with van der Waals surface area (Å²) in [7, 11) is 2.09. The number of nitrogens with zero attached hydrogens (tertiary/aromatic N) is 4. The zero-order chi connectivity index (χ0) is 15.0. The monoisotopic (exact) mass is 305 g/mol. The Hall–Kier alpha value is -1.73. The van der Waals surface area contributed by atoms with Crippen molar-refractivity contribution >= 4 is 33.3 Å². The fourth-order valence-corrected chi connectivity index (χ4v) is 3.78. The number of thiophene rings is 1. The summed E-state index contributed by atoms with van der Waals surface area (Å²) in [5.74, 6) is 0.0000926. The molecule has 21 heavy (non-hydrogen) atoms. The number of anilines is 1. The fourth-order valence-electron chi connectivity index (χ4n) is 2.81. The lowest BCUT2D eigenvalue weighted by Gasteiger charge is -2.27. The molecule has 0 bridgehead atoms. The number of fused-ring (bicyclic) bond motifs is 1. The molecule has 0 radical (unpaired) electrons. The van der Waals surface area contributed by atoms with Crippen LogP contribution in [0.1, 0.15) is 23.0 Å². The Labute approximate surface area is 127 Å². The number of aromatic nitrogens is 2. The number of hydrogen-bond donors (Lipinski definition) is 1. The van der Waals surface area contributed by atoms with Gasteiger partial charge < -0.3 is 15.5 Å². The minimum atomic E-state index is 0.0000926. The molecular weight excluding hydrogens is 286 g/mol. The molecule has 0 aliphatic carbocycles. The summed E-state index contributed by atoms with van der Waals surface area (Å²) in [4.78, 5) is 26.8. The molecule has 0 spiro atoms. The number of carbonyl (C=O) groups excluding carboxylic acids is 1. The van der Waals surface area contributed by atoms with Crippen molar-refractivity contribution in [2.45, 2.75) is 19.4 Å². The molecule has 0 saturated carbocycles. The lowest BCUT2D eigenvalue weighted by atomic mass is 10.2. The molecule has 3 heterocycles. The standard InChI is InChI=1S/C14H19N5OS/c1-9-8-18(2)6-3-7-19(9)14(20)12-10(15)11-13(21-12)17-5-4-16-11/h4-5,9H,3,6-8,15H2,1-2H3. The predicted octanol–water partition coefficient (Wildman–Crippen LogP) is 1.44. The van der Waals surface area contributed by atoms with Crippen molar-refractivity contribution in [3.05, 3.63) is 17.3 Å². The van der Waals surface area contributed by atoms with Gasteiger partial charge >= 0.3 is 0 Å². The summed E-state index contributed by atoms with van der Waals surface area (Å²) < 4.78 is 0. The number of nitrogens with two attached hydrogens (primary N) is 1. The number of amides is 1. The van der Waals surface area contributed by atoms with E-state index in [4.69, 9.17) is 5.73 Å². The molecule has 1 fully saturated rings. The first kappa shape index (κ1) is 14.2. The smallest absolute Gasteiger partial charge is 0.266 e. The van der Waals surface area contributed by atoms with Crippen LogP contribution in [0.3, 0.4) is 0 Å². The number of carbonyl (C=O) groups is 1. The van der Waals surface area contributed by atoms with Crippen LogP contribution in [0.4, 0.5) is 5.69 Å². The maximum absolute atomic E-state index is 12.8. The Kier molecular flexibility index (Phi) is 3.77. The third-order valence-corrected chi connectivity index (χ3v) is 4.96. The Morgan fingerprint density at radius 2 is 2.14 bits per heavy atom. The summed E-state index contributed by atoms with van der Waals surface area (Å²) in [6.07, 6.45) is 4.20. The third kappa shape index (κ3) is 2.58. The lowest BCUT2D eigenvalue weighted by molar-refractivity contribution is 0.0702. The molecule has 2 aromatic rings. The van der Waals surface area contributed by atoms with Gasteiger partial charge in [0, 0.05) is 31.5 Å². The number of hydrogen-bond acceptors (Lipinski definition) is 6. The second kappa shape index (κ2) is 5.57. The highest BCUT2D eigenvalue weighted by Crippen LogP contribution is 2.32. The maximum Gasteiger partial charge on any atom is 0.266 e. The van der Waals surface area contributed by atoms with Gasteiger partial charge in [-0.05, 0) is 26.9 Å². The van der Waals surface area contributed by atoms with Crippen molar-refractivity contribution in [1.29, 1.82) is 0 Å². The van der Waals surface area contributed by atoms with Crippen LogP contribution in [0.5, 0.6) is 0 Å². The van der Waals surface area contributed by atoms with Crippen LogP contribution >= 0.6 is 11.3 Å². The Morgan fingerprint density at radius 1 is 1.38 bits per heavy atom. The van der Waals surface area contributed by atoms with Gasteiger partial charge in [0.1, 0.15) is 15.2 Å². The van der Waals surface area contributed by atoms with Crippen molar-refractivity contribution in [2.24, 2.45) is 0 Å². The molecule has 3 rings (SSSR count). The fraction of sp³-hybridized carbons (Fsp3) is 0.500. The SMILES string of the molecule is CC1CN(C)CCCN1C(=O)c1sc2nccnc2c1N. The van der Waals surface area contributed by atoms with E-state index in [1.165, 1.54) is 11.3 Å². The maximum atomic E-state index is 12.8. The molecule has 1 aliphatic rings. The van der Waals surface area contributed by atoms with Gasteiger partial charge in [-0.2, -0.15) is 0 Å². The van der Waals surface area contributed by atoms with Gasteiger partial charge in [0.2, 0.25) is 0 Å².